The fourth-order valence-electron chi connectivity index (χ4n) is 1.57. The molecule has 0 aliphatic heterocycles. The predicted molar refractivity (Wildman–Crippen MR) is 71.2 cm³/mol. The summed E-state index contributed by atoms with van der Waals surface area (Å²) in [5.41, 5.74) is 1.34. The Bertz CT molecular complexity index is 275. The highest BCUT2D eigenvalue weighted by Gasteiger charge is 2.07. The van der Waals surface area contributed by atoms with Crippen molar-refractivity contribution in [1.29, 1.82) is 0 Å². The monoisotopic (exact) mass is 240 g/mol. The molecule has 0 amide bonds. The Kier molecular flexibility index (Phi) is 6.46. The fourth-order valence-corrected chi connectivity index (χ4v) is 1.79. The van der Waals surface area contributed by atoms with Gasteiger partial charge in [0.15, 0.2) is 0 Å². The molecule has 3 heteroatoms. The van der Waals surface area contributed by atoms with E-state index in [1.54, 1.807) is 0 Å². The van der Waals surface area contributed by atoms with Gasteiger partial charge in [-0.2, -0.15) is 0 Å². The highest BCUT2D eigenvalue weighted by Crippen LogP contribution is 2.04. The zero-order valence-electron chi connectivity index (χ0n) is 10.1. The molecule has 0 fully saturated rings. The van der Waals surface area contributed by atoms with E-state index >= 15 is 0 Å². The summed E-state index contributed by atoms with van der Waals surface area (Å²) in [6.45, 7) is 2.03. The van der Waals surface area contributed by atoms with Crippen LogP contribution in [0.1, 0.15) is 5.56 Å². The van der Waals surface area contributed by atoms with Crippen molar-refractivity contribution in [3.63, 3.8) is 0 Å². The van der Waals surface area contributed by atoms with Gasteiger partial charge in [0.25, 0.3) is 0 Å². The summed E-state index contributed by atoms with van der Waals surface area (Å²) in [7, 11) is 4.16. The molecule has 90 valence electrons. The highest BCUT2D eigenvalue weighted by atomic mass is 35.5. The van der Waals surface area contributed by atoms with Gasteiger partial charge in [0.2, 0.25) is 0 Å². The minimum Gasteiger partial charge on any atom is -0.311 e. The minimum atomic E-state index is 0.365. The van der Waals surface area contributed by atoms with Gasteiger partial charge in [-0.15, -0.1) is 11.6 Å². The molecule has 0 saturated heterocycles. The third kappa shape index (κ3) is 5.50. The van der Waals surface area contributed by atoms with Crippen LogP contribution >= 0.6 is 11.6 Å². The van der Waals surface area contributed by atoms with Crippen LogP contribution in [-0.4, -0.2) is 44.0 Å². The third-order valence-electron chi connectivity index (χ3n) is 2.50. The molecule has 1 unspecified atom stereocenters. The van der Waals surface area contributed by atoms with Crippen molar-refractivity contribution in [3.8, 4) is 0 Å². The summed E-state index contributed by atoms with van der Waals surface area (Å²) in [5.74, 6) is 0.655. The Morgan fingerprint density at radius 2 is 1.94 bits per heavy atom. The number of halogens is 1. The summed E-state index contributed by atoms with van der Waals surface area (Å²) in [4.78, 5) is 2.17. The Hall–Kier alpha value is -0.570. The largest absolute Gasteiger partial charge is 0.311 e. The van der Waals surface area contributed by atoms with Gasteiger partial charge in [-0.05, 0) is 26.1 Å². The van der Waals surface area contributed by atoms with Crippen LogP contribution < -0.4 is 5.32 Å². The number of benzene rings is 1. The van der Waals surface area contributed by atoms with E-state index in [-0.39, 0.29) is 0 Å². The second kappa shape index (κ2) is 7.66. The van der Waals surface area contributed by atoms with Crippen molar-refractivity contribution in [2.75, 3.05) is 33.1 Å². The first kappa shape index (κ1) is 13.5. The molecular formula is C13H21ClN2. The van der Waals surface area contributed by atoms with Crippen molar-refractivity contribution in [2.24, 2.45) is 0 Å². The molecule has 0 spiro atoms. The maximum absolute atomic E-state index is 5.96. The number of nitrogens with one attached hydrogen (secondary N) is 1. The molecule has 1 aromatic rings. The lowest BCUT2D eigenvalue weighted by Crippen LogP contribution is -2.37. The summed E-state index contributed by atoms with van der Waals surface area (Å²) in [6, 6.07) is 10.8. The summed E-state index contributed by atoms with van der Waals surface area (Å²) in [6.07, 6.45) is 0.998. The molecule has 1 rings (SSSR count). The predicted octanol–water partition coefficient (Wildman–Crippen LogP) is 1.99. The SMILES string of the molecule is CN(C)CCNC(CCl)Cc1ccccc1. The average molecular weight is 241 g/mol. The van der Waals surface area contributed by atoms with E-state index in [0.717, 1.165) is 19.5 Å². The zero-order chi connectivity index (χ0) is 11.8. The van der Waals surface area contributed by atoms with Gasteiger partial charge in [-0.25, -0.2) is 0 Å². The van der Waals surface area contributed by atoms with E-state index in [1.165, 1.54) is 5.56 Å². The Morgan fingerprint density at radius 1 is 1.25 bits per heavy atom. The Balaban J connectivity index is 2.32. The lowest BCUT2D eigenvalue weighted by atomic mass is 10.1. The smallest absolute Gasteiger partial charge is 0.0380 e. The van der Waals surface area contributed by atoms with Gasteiger partial charge >= 0.3 is 0 Å². The molecule has 0 heterocycles. The maximum Gasteiger partial charge on any atom is 0.0380 e. The Morgan fingerprint density at radius 3 is 2.50 bits per heavy atom. The average Bonchev–Trinajstić information content (AvgIpc) is 2.28. The Labute approximate surface area is 104 Å². The molecule has 0 saturated carbocycles. The summed E-state index contributed by atoms with van der Waals surface area (Å²) >= 11 is 5.96. The summed E-state index contributed by atoms with van der Waals surface area (Å²) < 4.78 is 0. The van der Waals surface area contributed by atoms with Crippen LogP contribution in [0.15, 0.2) is 30.3 Å². The third-order valence-corrected chi connectivity index (χ3v) is 2.88. The van der Waals surface area contributed by atoms with Crippen LogP contribution in [0.2, 0.25) is 0 Å². The minimum absolute atomic E-state index is 0.365. The van der Waals surface area contributed by atoms with E-state index in [0.29, 0.717) is 11.9 Å². The molecule has 0 aliphatic carbocycles. The van der Waals surface area contributed by atoms with Gasteiger partial charge < -0.3 is 10.2 Å². The van der Waals surface area contributed by atoms with Gasteiger partial charge in [-0.1, -0.05) is 30.3 Å². The number of nitrogens with zero attached hydrogens (tertiary/aromatic N) is 1. The normalized spacial score (nSPS) is 13.0. The van der Waals surface area contributed by atoms with Gasteiger partial charge in [-0.3, -0.25) is 0 Å². The number of likely N-dealkylation sites (N-methyl/N-ethyl adjacent to an activating group) is 1. The van der Waals surface area contributed by atoms with Gasteiger partial charge in [0, 0.05) is 25.0 Å². The van der Waals surface area contributed by atoms with Crippen molar-refractivity contribution >= 4 is 11.6 Å². The quantitative estimate of drug-likeness (QED) is 0.734. The number of hydrogen-bond donors (Lipinski definition) is 1. The molecule has 0 aliphatic rings. The van der Waals surface area contributed by atoms with E-state index in [9.17, 15) is 0 Å². The van der Waals surface area contributed by atoms with Gasteiger partial charge in [0.1, 0.15) is 0 Å². The second-order valence-corrected chi connectivity index (χ2v) is 4.61. The van der Waals surface area contributed by atoms with Crippen LogP contribution in [-0.2, 0) is 6.42 Å². The van der Waals surface area contributed by atoms with E-state index in [4.69, 9.17) is 11.6 Å². The van der Waals surface area contributed by atoms with Crippen LogP contribution in [0.4, 0.5) is 0 Å². The number of alkyl halides is 1. The number of hydrogen-bond acceptors (Lipinski definition) is 2. The lowest BCUT2D eigenvalue weighted by molar-refractivity contribution is 0.387. The molecule has 0 aromatic heterocycles. The molecule has 1 N–H and O–H groups in total. The first-order valence-electron chi connectivity index (χ1n) is 5.70. The van der Waals surface area contributed by atoms with E-state index in [2.05, 4.69) is 48.6 Å². The van der Waals surface area contributed by atoms with Gasteiger partial charge in [0.05, 0.1) is 0 Å². The number of rotatable bonds is 7. The van der Waals surface area contributed by atoms with Crippen LogP contribution in [0.25, 0.3) is 0 Å². The second-order valence-electron chi connectivity index (χ2n) is 4.30. The van der Waals surface area contributed by atoms with Crippen LogP contribution in [0, 0.1) is 0 Å². The fraction of sp³-hybridized carbons (Fsp3) is 0.538. The topological polar surface area (TPSA) is 15.3 Å². The van der Waals surface area contributed by atoms with Crippen LogP contribution in [0.3, 0.4) is 0 Å². The molecular weight excluding hydrogens is 220 g/mol. The molecule has 0 bridgehead atoms. The van der Waals surface area contributed by atoms with Crippen molar-refractivity contribution in [3.05, 3.63) is 35.9 Å². The molecule has 16 heavy (non-hydrogen) atoms. The van der Waals surface area contributed by atoms with E-state index < -0.39 is 0 Å². The first-order valence-corrected chi connectivity index (χ1v) is 6.24. The highest BCUT2D eigenvalue weighted by molar-refractivity contribution is 6.18. The van der Waals surface area contributed by atoms with Crippen LogP contribution in [0.5, 0.6) is 0 Å². The lowest BCUT2D eigenvalue weighted by Gasteiger charge is -2.18. The molecule has 1 atom stereocenters. The first-order chi connectivity index (χ1) is 7.72. The molecule has 0 radical (unpaired) electrons. The van der Waals surface area contributed by atoms with E-state index in [1.807, 2.05) is 6.07 Å². The maximum atomic E-state index is 5.96. The zero-order valence-corrected chi connectivity index (χ0v) is 10.9. The van der Waals surface area contributed by atoms with Crippen molar-refractivity contribution in [1.82, 2.24) is 10.2 Å². The standard InChI is InChI=1S/C13H21ClN2/c1-16(2)9-8-15-13(11-14)10-12-6-4-3-5-7-12/h3-7,13,15H,8-11H2,1-2H3. The summed E-state index contributed by atoms with van der Waals surface area (Å²) in [5, 5.41) is 3.48. The van der Waals surface area contributed by atoms with Crippen molar-refractivity contribution in [2.45, 2.75) is 12.5 Å². The molecule has 2 nitrogen and oxygen atoms in total. The molecule has 1 aromatic carbocycles. The van der Waals surface area contributed by atoms with Crippen molar-refractivity contribution < 1.29 is 0 Å².